The van der Waals surface area contributed by atoms with Gasteiger partial charge in [-0.3, -0.25) is 4.79 Å². The normalized spacial score (nSPS) is 14.4. The lowest BCUT2D eigenvalue weighted by Gasteiger charge is -2.27. The van der Waals surface area contributed by atoms with Crippen LogP contribution >= 0.6 is 11.8 Å². The summed E-state index contributed by atoms with van der Waals surface area (Å²) >= 11 is 1.61. The van der Waals surface area contributed by atoms with Crippen LogP contribution < -0.4 is 4.90 Å². The molecule has 0 saturated carbocycles. The second-order valence-corrected chi connectivity index (χ2v) is 9.76. The third-order valence-corrected chi connectivity index (χ3v) is 6.98. The van der Waals surface area contributed by atoms with Crippen LogP contribution in [0.4, 0.5) is 5.82 Å². The number of carbonyl (C=O) groups excluding carboxylic acids is 1. The van der Waals surface area contributed by atoms with Crippen molar-refractivity contribution in [3.8, 4) is 11.4 Å². The third kappa shape index (κ3) is 5.74. The predicted octanol–water partition coefficient (Wildman–Crippen LogP) is 5.41. The summed E-state index contributed by atoms with van der Waals surface area (Å²) < 4.78 is 0. The van der Waals surface area contributed by atoms with Crippen molar-refractivity contribution in [1.82, 2.24) is 14.9 Å². The Morgan fingerprint density at radius 3 is 2.33 bits per heavy atom. The highest BCUT2D eigenvalue weighted by atomic mass is 32.2. The molecule has 6 heteroatoms. The van der Waals surface area contributed by atoms with E-state index in [0.717, 1.165) is 60.4 Å². The SMILES string of the molecule is Cc1nc(-c2ccccc2)nc(N2CCCN(C(=O)CSc3ccccc3)CC2)c1C(C)C. The topological polar surface area (TPSA) is 49.3 Å². The molecule has 172 valence electrons. The minimum Gasteiger partial charge on any atom is -0.354 e. The Morgan fingerprint density at radius 2 is 1.64 bits per heavy atom. The predicted molar refractivity (Wildman–Crippen MR) is 137 cm³/mol. The summed E-state index contributed by atoms with van der Waals surface area (Å²) in [7, 11) is 0. The minimum absolute atomic E-state index is 0.207. The summed E-state index contributed by atoms with van der Waals surface area (Å²) in [5.41, 5.74) is 3.26. The molecule has 1 aromatic heterocycles. The van der Waals surface area contributed by atoms with Gasteiger partial charge in [-0.15, -0.1) is 11.8 Å². The molecular weight excluding hydrogens is 428 g/mol. The maximum Gasteiger partial charge on any atom is 0.232 e. The molecule has 1 aliphatic rings. The van der Waals surface area contributed by atoms with Gasteiger partial charge in [0.1, 0.15) is 5.82 Å². The van der Waals surface area contributed by atoms with Gasteiger partial charge in [0, 0.05) is 47.9 Å². The highest BCUT2D eigenvalue weighted by Gasteiger charge is 2.24. The van der Waals surface area contributed by atoms with Gasteiger partial charge < -0.3 is 9.80 Å². The molecule has 33 heavy (non-hydrogen) atoms. The Labute approximate surface area is 201 Å². The summed E-state index contributed by atoms with van der Waals surface area (Å²) in [5, 5.41) is 0. The highest BCUT2D eigenvalue weighted by molar-refractivity contribution is 8.00. The van der Waals surface area contributed by atoms with Crippen LogP contribution in [0, 0.1) is 6.92 Å². The van der Waals surface area contributed by atoms with Crippen LogP contribution in [0.25, 0.3) is 11.4 Å². The fourth-order valence-electron chi connectivity index (χ4n) is 4.33. The Kier molecular flexibility index (Phi) is 7.65. The van der Waals surface area contributed by atoms with Crippen LogP contribution in [0.1, 0.15) is 37.4 Å². The molecule has 2 aromatic carbocycles. The molecule has 0 atom stereocenters. The van der Waals surface area contributed by atoms with Crippen LogP contribution in [0.2, 0.25) is 0 Å². The standard InChI is InChI=1S/C27H32N4OS/c1-20(2)25-21(3)28-26(22-11-6-4-7-12-22)29-27(25)31-16-10-15-30(17-18-31)24(32)19-33-23-13-8-5-9-14-23/h4-9,11-14,20H,10,15-19H2,1-3H3. The van der Waals surface area contributed by atoms with E-state index in [4.69, 9.17) is 9.97 Å². The number of amides is 1. The average molecular weight is 461 g/mol. The molecule has 5 nitrogen and oxygen atoms in total. The Hall–Kier alpha value is -2.86. The zero-order valence-corrected chi connectivity index (χ0v) is 20.5. The van der Waals surface area contributed by atoms with Gasteiger partial charge in [-0.05, 0) is 31.4 Å². The summed E-state index contributed by atoms with van der Waals surface area (Å²) in [6, 6.07) is 20.3. The van der Waals surface area contributed by atoms with Crippen molar-refractivity contribution in [3.63, 3.8) is 0 Å². The van der Waals surface area contributed by atoms with E-state index >= 15 is 0 Å². The van der Waals surface area contributed by atoms with Gasteiger partial charge >= 0.3 is 0 Å². The van der Waals surface area contributed by atoms with Crippen LogP contribution in [-0.4, -0.2) is 52.7 Å². The lowest BCUT2D eigenvalue weighted by atomic mass is 10.0. The van der Waals surface area contributed by atoms with Crippen molar-refractivity contribution in [2.24, 2.45) is 0 Å². The molecule has 0 bridgehead atoms. The van der Waals surface area contributed by atoms with E-state index in [1.165, 1.54) is 5.56 Å². The van der Waals surface area contributed by atoms with Crippen molar-refractivity contribution in [1.29, 1.82) is 0 Å². The molecule has 3 aromatic rings. The molecule has 0 N–H and O–H groups in total. The van der Waals surface area contributed by atoms with Crippen LogP contribution in [-0.2, 0) is 4.79 Å². The average Bonchev–Trinajstić information content (AvgIpc) is 3.09. The van der Waals surface area contributed by atoms with Gasteiger partial charge in [-0.2, -0.15) is 0 Å². The smallest absolute Gasteiger partial charge is 0.232 e. The number of hydrogen-bond acceptors (Lipinski definition) is 5. The maximum absolute atomic E-state index is 12.9. The molecular formula is C27H32N4OS. The van der Waals surface area contributed by atoms with Crippen molar-refractivity contribution >= 4 is 23.5 Å². The molecule has 0 aliphatic carbocycles. The van der Waals surface area contributed by atoms with E-state index in [-0.39, 0.29) is 5.91 Å². The van der Waals surface area contributed by atoms with Crippen LogP contribution in [0.15, 0.2) is 65.6 Å². The number of aromatic nitrogens is 2. The Balaban J connectivity index is 1.51. The molecule has 0 radical (unpaired) electrons. The van der Waals surface area contributed by atoms with E-state index in [0.29, 0.717) is 11.7 Å². The lowest BCUT2D eigenvalue weighted by molar-refractivity contribution is -0.128. The molecule has 1 saturated heterocycles. The van der Waals surface area contributed by atoms with Gasteiger partial charge in [-0.1, -0.05) is 62.4 Å². The van der Waals surface area contributed by atoms with E-state index in [1.807, 2.05) is 41.3 Å². The van der Waals surface area contributed by atoms with Gasteiger partial charge in [0.25, 0.3) is 0 Å². The maximum atomic E-state index is 12.9. The minimum atomic E-state index is 0.207. The van der Waals surface area contributed by atoms with Gasteiger partial charge in [0.15, 0.2) is 5.82 Å². The largest absolute Gasteiger partial charge is 0.354 e. The summed E-state index contributed by atoms with van der Waals surface area (Å²) in [4.78, 5) is 28.3. The molecule has 1 amide bonds. The number of thioether (sulfide) groups is 1. The Morgan fingerprint density at radius 1 is 0.939 bits per heavy atom. The fraction of sp³-hybridized carbons (Fsp3) is 0.370. The van der Waals surface area contributed by atoms with E-state index in [1.54, 1.807) is 11.8 Å². The first-order chi connectivity index (χ1) is 16.0. The van der Waals surface area contributed by atoms with Crippen LogP contribution in [0.3, 0.4) is 0 Å². The molecule has 0 spiro atoms. The van der Waals surface area contributed by atoms with Crippen molar-refractivity contribution in [3.05, 3.63) is 71.9 Å². The summed E-state index contributed by atoms with van der Waals surface area (Å²) in [6.45, 7) is 9.66. The van der Waals surface area contributed by atoms with E-state index < -0.39 is 0 Å². The van der Waals surface area contributed by atoms with Crippen molar-refractivity contribution in [2.45, 2.75) is 38.0 Å². The molecule has 0 unspecified atom stereocenters. The molecule has 4 rings (SSSR count). The fourth-order valence-corrected chi connectivity index (χ4v) is 5.15. The highest BCUT2D eigenvalue weighted by Crippen LogP contribution is 2.31. The second-order valence-electron chi connectivity index (χ2n) is 8.71. The number of aryl methyl sites for hydroxylation is 1. The van der Waals surface area contributed by atoms with Gasteiger partial charge in [-0.25, -0.2) is 9.97 Å². The number of nitrogens with zero attached hydrogens (tertiary/aromatic N) is 4. The Bertz CT molecular complexity index is 1070. The molecule has 1 fully saturated rings. The van der Waals surface area contributed by atoms with Gasteiger partial charge in [0.05, 0.1) is 5.75 Å². The second kappa shape index (κ2) is 10.8. The third-order valence-electron chi connectivity index (χ3n) is 5.98. The van der Waals surface area contributed by atoms with Gasteiger partial charge in [0.2, 0.25) is 5.91 Å². The quantitative estimate of drug-likeness (QED) is 0.461. The molecule has 2 heterocycles. The summed E-state index contributed by atoms with van der Waals surface area (Å²) in [5.74, 6) is 2.80. The molecule has 1 aliphatic heterocycles. The first-order valence-corrected chi connectivity index (χ1v) is 12.7. The first-order valence-electron chi connectivity index (χ1n) is 11.7. The summed E-state index contributed by atoms with van der Waals surface area (Å²) in [6.07, 6.45) is 0.934. The zero-order chi connectivity index (χ0) is 23.2. The number of hydrogen-bond donors (Lipinski definition) is 0. The number of anilines is 1. The van der Waals surface area contributed by atoms with Crippen molar-refractivity contribution < 1.29 is 4.79 Å². The number of rotatable bonds is 6. The first kappa shape index (κ1) is 23.3. The van der Waals surface area contributed by atoms with Crippen LogP contribution in [0.5, 0.6) is 0 Å². The lowest BCUT2D eigenvalue weighted by Crippen LogP contribution is -2.36. The van der Waals surface area contributed by atoms with E-state index in [9.17, 15) is 4.79 Å². The van der Waals surface area contributed by atoms with E-state index in [2.05, 4.69) is 49.9 Å². The number of benzene rings is 2. The van der Waals surface area contributed by atoms with Crippen molar-refractivity contribution in [2.75, 3.05) is 36.8 Å². The zero-order valence-electron chi connectivity index (χ0n) is 19.7. The monoisotopic (exact) mass is 460 g/mol. The number of carbonyl (C=O) groups is 1.